The second kappa shape index (κ2) is 14.6. The predicted molar refractivity (Wildman–Crippen MR) is 201 cm³/mol. The number of azo groups is 2. The maximum Gasteiger partial charge on any atom is 0.296 e. The smallest absolute Gasteiger partial charge is 0.296 e. The van der Waals surface area contributed by atoms with Gasteiger partial charge in [0, 0.05) is 39.8 Å². The summed E-state index contributed by atoms with van der Waals surface area (Å²) in [5, 5.41) is 40.2. The zero-order valence-corrected chi connectivity index (χ0v) is 30.7. The average molecular weight is 823 g/mol. The Morgan fingerprint density at radius 1 is 0.661 bits per heavy atom. The lowest BCUT2D eigenvalue weighted by Gasteiger charge is -2.11. The average Bonchev–Trinajstić information content (AvgIpc) is 3.12. The second-order valence-corrected chi connectivity index (χ2v) is 16.0. The fourth-order valence-corrected chi connectivity index (χ4v) is 7.36. The van der Waals surface area contributed by atoms with Gasteiger partial charge in [-0.2, -0.15) is 30.4 Å². The van der Waals surface area contributed by atoms with E-state index in [1.165, 1.54) is 61.7 Å². The summed E-state index contributed by atoms with van der Waals surface area (Å²) >= 11 is 0. The Bertz CT molecular complexity index is 3010. The lowest BCUT2D eigenvalue weighted by molar-refractivity contribution is 0.102. The third-order valence-corrected chi connectivity index (χ3v) is 10.6. The summed E-state index contributed by atoms with van der Waals surface area (Å²) in [5.74, 6) is -1.87. The minimum absolute atomic E-state index is 0.00635. The van der Waals surface area contributed by atoms with Gasteiger partial charge in [0.25, 0.3) is 36.3 Å². The number of phenols is 2. The van der Waals surface area contributed by atoms with Crippen LogP contribution in [0.3, 0.4) is 0 Å². The van der Waals surface area contributed by atoms with Gasteiger partial charge in [0.05, 0.1) is 17.7 Å². The van der Waals surface area contributed by atoms with Crippen molar-refractivity contribution in [2.75, 3.05) is 18.2 Å². The highest BCUT2D eigenvalue weighted by Crippen LogP contribution is 2.45. The Kier molecular flexibility index (Phi) is 10.2. The Morgan fingerprint density at radius 2 is 1.34 bits per heavy atom. The maximum atomic E-state index is 12.7. The zero-order valence-electron chi connectivity index (χ0n) is 28.3. The van der Waals surface area contributed by atoms with Gasteiger partial charge < -0.3 is 26.0 Å². The first-order valence-electron chi connectivity index (χ1n) is 15.4. The molecule has 8 N–H and O–H groups in total. The van der Waals surface area contributed by atoms with E-state index in [4.69, 9.17) is 10.5 Å². The van der Waals surface area contributed by atoms with Crippen LogP contribution < -0.4 is 15.8 Å². The van der Waals surface area contributed by atoms with Crippen molar-refractivity contribution in [3.05, 3.63) is 96.6 Å². The number of nitrogens with one attached hydrogen (secondary N) is 1. The van der Waals surface area contributed by atoms with Crippen LogP contribution in [0, 0.1) is 0 Å². The Morgan fingerprint density at radius 3 is 1.98 bits per heavy atom. The van der Waals surface area contributed by atoms with Gasteiger partial charge in [-0.25, -0.2) is 0 Å². The number of aromatic hydroxyl groups is 2. The number of ether oxygens (including phenoxy) is 1. The molecule has 22 heteroatoms. The SMILES string of the molecule is COc1cc(N=Nc2c(S(=O)(=O)O)cc3cc(NC(=O)c4ccc(N)cc4)ccc3c2O)c(O)cc1N=Nc1ccc2cc(S(=O)(=O)O)cc(S(=O)(=O)O)c2c1. The molecule has 0 bridgehead atoms. The molecule has 0 aliphatic carbocycles. The van der Waals surface area contributed by atoms with E-state index in [2.05, 4.69) is 25.8 Å². The number of benzene rings is 6. The van der Waals surface area contributed by atoms with Gasteiger partial charge in [0.2, 0.25) is 0 Å². The standard InChI is InChI=1S/C34H26N6O13S3/c1-53-29-16-26(28(41)15-27(29)39-37-22-7-4-18-11-23(54(44,45)46)14-30(25(18)13-22)55(47,48)49)38-40-32-31(56(50,51)52)12-19-10-21(8-9-24(19)33(32)42)36-34(43)17-2-5-20(35)6-3-17/h2-16,41-42H,35H2,1H3,(H,36,43)(H,44,45,46)(H,47,48,49)(H,50,51,52). The van der Waals surface area contributed by atoms with E-state index >= 15 is 0 Å². The third-order valence-electron chi connectivity index (χ3n) is 8.02. The molecule has 19 nitrogen and oxygen atoms in total. The normalized spacial score (nSPS) is 12.5. The first-order valence-corrected chi connectivity index (χ1v) is 19.8. The lowest BCUT2D eigenvalue weighted by Crippen LogP contribution is -2.11. The number of carbonyl (C=O) groups excluding carboxylic acids is 1. The predicted octanol–water partition coefficient (Wildman–Crippen LogP) is 6.82. The van der Waals surface area contributed by atoms with Gasteiger partial charge in [0.1, 0.15) is 38.4 Å². The van der Waals surface area contributed by atoms with Crippen LogP contribution in [-0.4, -0.2) is 62.1 Å². The molecule has 0 aliphatic rings. The largest absolute Gasteiger partial charge is 0.506 e. The number of hydrogen-bond acceptors (Lipinski definition) is 15. The summed E-state index contributed by atoms with van der Waals surface area (Å²) in [4.78, 5) is 10.2. The molecule has 6 rings (SSSR count). The van der Waals surface area contributed by atoms with Crippen molar-refractivity contribution in [1.29, 1.82) is 0 Å². The van der Waals surface area contributed by atoms with Crippen LogP contribution >= 0.6 is 0 Å². The molecule has 0 unspecified atom stereocenters. The Balaban J connectivity index is 1.33. The molecular formula is C34H26N6O13S3. The van der Waals surface area contributed by atoms with E-state index in [9.17, 15) is 53.9 Å². The first-order chi connectivity index (χ1) is 26.2. The fourth-order valence-electron chi connectivity index (χ4n) is 5.35. The number of nitrogens with zero attached hydrogens (tertiary/aromatic N) is 4. The molecule has 6 aromatic rings. The van der Waals surface area contributed by atoms with Crippen LogP contribution in [0.25, 0.3) is 21.5 Å². The highest BCUT2D eigenvalue weighted by atomic mass is 32.2. The number of phenolic OH excluding ortho intramolecular Hbond substituents is 2. The van der Waals surface area contributed by atoms with Crippen molar-refractivity contribution in [3.63, 3.8) is 0 Å². The molecular weight excluding hydrogens is 797 g/mol. The van der Waals surface area contributed by atoms with E-state index in [-0.39, 0.29) is 55.6 Å². The molecule has 0 aromatic heterocycles. The summed E-state index contributed by atoms with van der Waals surface area (Å²) in [6.07, 6.45) is 0. The van der Waals surface area contributed by atoms with E-state index in [0.717, 1.165) is 30.3 Å². The van der Waals surface area contributed by atoms with Gasteiger partial charge in [-0.15, -0.1) is 15.3 Å². The zero-order chi connectivity index (χ0) is 40.7. The summed E-state index contributed by atoms with van der Waals surface area (Å²) in [6, 6.07) is 18.7. The number of anilines is 2. The van der Waals surface area contributed by atoms with Crippen molar-refractivity contribution < 1.29 is 58.7 Å². The lowest BCUT2D eigenvalue weighted by atomic mass is 10.1. The van der Waals surface area contributed by atoms with Crippen molar-refractivity contribution in [1.82, 2.24) is 0 Å². The number of methoxy groups -OCH3 is 1. The van der Waals surface area contributed by atoms with Crippen LogP contribution in [0.5, 0.6) is 17.2 Å². The number of hydrogen-bond donors (Lipinski definition) is 7. The number of rotatable bonds is 10. The number of carbonyl (C=O) groups is 1. The quantitative estimate of drug-likeness (QED) is 0.0424. The highest BCUT2D eigenvalue weighted by Gasteiger charge is 2.24. The molecule has 6 aromatic carbocycles. The highest BCUT2D eigenvalue weighted by molar-refractivity contribution is 7.87. The molecule has 0 fully saturated rings. The summed E-state index contributed by atoms with van der Waals surface area (Å²) in [5.41, 5.74) is 5.51. The number of amides is 1. The van der Waals surface area contributed by atoms with E-state index in [0.29, 0.717) is 11.8 Å². The molecule has 56 heavy (non-hydrogen) atoms. The summed E-state index contributed by atoms with van der Waals surface area (Å²) in [6.45, 7) is 0. The summed E-state index contributed by atoms with van der Waals surface area (Å²) < 4.78 is 107. The van der Waals surface area contributed by atoms with Gasteiger partial charge in [-0.1, -0.05) is 6.07 Å². The van der Waals surface area contributed by atoms with Crippen LogP contribution in [0.2, 0.25) is 0 Å². The van der Waals surface area contributed by atoms with Gasteiger partial charge >= 0.3 is 0 Å². The number of fused-ring (bicyclic) bond motifs is 2. The van der Waals surface area contributed by atoms with Gasteiger partial charge in [-0.3, -0.25) is 18.5 Å². The van der Waals surface area contributed by atoms with E-state index in [1.54, 1.807) is 0 Å². The minimum atomic E-state index is -5.04. The van der Waals surface area contributed by atoms with Crippen molar-refractivity contribution >= 4 is 91.9 Å². The second-order valence-electron chi connectivity index (χ2n) is 11.7. The first kappa shape index (κ1) is 39.1. The molecule has 0 atom stereocenters. The third kappa shape index (κ3) is 8.24. The molecule has 288 valence electrons. The monoisotopic (exact) mass is 822 g/mol. The number of nitrogen functional groups attached to an aromatic ring is 1. The van der Waals surface area contributed by atoms with Crippen molar-refractivity contribution in [2.24, 2.45) is 20.5 Å². The van der Waals surface area contributed by atoms with Crippen LogP contribution in [0.15, 0.2) is 126 Å². The van der Waals surface area contributed by atoms with E-state index in [1.807, 2.05) is 0 Å². The number of nitrogens with two attached hydrogens (primary N) is 1. The van der Waals surface area contributed by atoms with Gasteiger partial charge in [0.15, 0.2) is 5.75 Å². The van der Waals surface area contributed by atoms with Crippen LogP contribution in [0.4, 0.5) is 34.1 Å². The molecule has 0 saturated carbocycles. The Labute approximate surface area is 316 Å². The molecule has 1 amide bonds. The van der Waals surface area contributed by atoms with Crippen LogP contribution in [0.1, 0.15) is 10.4 Å². The van der Waals surface area contributed by atoms with Crippen LogP contribution in [-0.2, 0) is 30.4 Å². The molecule has 0 saturated heterocycles. The van der Waals surface area contributed by atoms with Crippen molar-refractivity contribution in [3.8, 4) is 17.2 Å². The molecule has 0 heterocycles. The topological polar surface area (TPSA) is 317 Å². The molecule has 0 aliphatic heterocycles. The summed E-state index contributed by atoms with van der Waals surface area (Å²) in [7, 11) is -13.6. The fraction of sp³-hybridized carbons (Fsp3) is 0.0294. The molecule has 0 spiro atoms. The van der Waals surface area contributed by atoms with Crippen molar-refractivity contribution in [2.45, 2.75) is 14.7 Å². The van der Waals surface area contributed by atoms with Gasteiger partial charge in [-0.05, 0) is 83.6 Å². The minimum Gasteiger partial charge on any atom is -0.506 e. The van der Waals surface area contributed by atoms with E-state index < -0.39 is 68.1 Å². The maximum absolute atomic E-state index is 12.7. The molecule has 0 radical (unpaired) electrons. The Hall–Kier alpha value is -6.56.